The first-order valence-corrected chi connectivity index (χ1v) is 10.9. The van der Waals surface area contributed by atoms with Crippen LogP contribution in [0.25, 0.3) is 22.3 Å². The highest BCUT2D eigenvalue weighted by atomic mass is 19.1. The smallest absolute Gasteiger partial charge is 0.414 e. The molecule has 2 amide bonds. The number of cyclic esters (lactones) is 1. The molecule has 10 nitrogen and oxygen atoms in total. The van der Waals surface area contributed by atoms with Crippen molar-refractivity contribution in [1.29, 1.82) is 0 Å². The van der Waals surface area contributed by atoms with E-state index in [1.54, 1.807) is 18.5 Å². The molecule has 11 heteroatoms. The summed E-state index contributed by atoms with van der Waals surface area (Å²) in [6.07, 6.45) is 2.00. The highest BCUT2D eigenvalue weighted by Crippen LogP contribution is 2.29. The van der Waals surface area contributed by atoms with Crippen molar-refractivity contribution in [3.05, 3.63) is 66.5 Å². The van der Waals surface area contributed by atoms with Crippen molar-refractivity contribution in [3.8, 4) is 11.1 Å². The highest BCUT2D eigenvalue weighted by Gasteiger charge is 2.32. The zero-order chi connectivity index (χ0) is 24.5. The molecule has 0 bridgehead atoms. The summed E-state index contributed by atoms with van der Waals surface area (Å²) in [7, 11) is 0. The van der Waals surface area contributed by atoms with Gasteiger partial charge in [0.25, 0.3) is 0 Å². The van der Waals surface area contributed by atoms with Crippen LogP contribution in [0.15, 0.2) is 55.1 Å². The number of nitrogens with two attached hydrogens (primary N) is 1. The standard InChI is InChI=1S/C24H22FN7O3/c1-14(33)27-9-18-11-32(24(34)35-18)17-6-7-19(20(25)8-17)16-4-2-15(3-5-16)10-31-13-30-21-22(26)28-12-29-23(21)31/h2-8,12-13,18H,9-11H2,1H3,(H,27,33)(H2,26,28,29)/t18-/m0/s1. The first-order chi connectivity index (χ1) is 16.9. The van der Waals surface area contributed by atoms with Gasteiger partial charge in [0.05, 0.1) is 31.6 Å². The SMILES string of the molecule is CC(=O)NC[C@H]1CN(c2ccc(-c3ccc(Cn4cnc5c(N)ncnc54)cc3)c(F)c2)C(=O)O1. The fourth-order valence-electron chi connectivity index (χ4n) is 4.00. The lowest BCUT2D eigenvalue weighted by atomic mass is 10.0. The van der Waals surface area contributed by atoms with Crippen LogP contribution < -0.4 is 16.0 Å². The van der Waals surface area contributed by atoms with Gasteiger partial charge in [0.1, 0.15) is 23.8 Å². The van der Waals surface area contributed by atoms with E-state index >= 15 is 4.39 Å². The molecule has 3 N–H and O–H groups in total. The molecular formula is C24H22FN7O3. The number of carbonyl (C=O) groups excluding carboxylic acids is 2. The van der Waals surface area contributed by atoms with E-state index in [0.29, 0.717) is 40.3 Å². The molecule has 0 aliphatic carbocycles. The van der Waals surface area contributed by atoms with Crippen molar-refractivity contribution in [2.24, 2.45) is 0 Å². The fourth-order valence-corrected chi connectivity index (χ4v) is 4.00. The molecule has 1 fully saturated rings. The number of aromatic nitrogens is 4. The summed E-state index contributed by atoms with van der Waals surface area (Å²) in [5, 5.41) is 2.62. The van der Waals surface area contributed by atoms with Gasteiger partial charge in [-0.15, -0.1) is 0 Å². The van der Waals surface area contributed by atoms with Crippen LogP contribution in [0.2, 0.25) is 0 Å². The van der Waals surface area contributed by atoms with E-state index in [2.05, 4.69) is 20.3 Å². The summed E-state index contributed by atoms with van der Waals surface area (Å²) in [6.45, 7) is 2.34. The number of benzene rings is 2. The summed E-state index contributed by atoms with van der Waals surface area (Å²) in [6, 6.07) is 12.1. The van der Waals surface area contributed by atoms with Gasteiger partial charge in [0.2, 0.25) is 5.91 Å². The molecule has 1 aliphatic heterocycles. The maximum atomic E-state index is 15.0. The summed E-state index contributed by atoms with van der Waals surface area (Å²) in [5.74, 6) is -0.340. The van der Waals surface area contributed by atoms with Crippen LogP contribution in [0.5, 0.6) is 0 Å². The largest absolute Gasteiger partial charge is 0.442 e. The van der Waals surface area contributed by atoms with Gasteiger partial charge >= 0.3 is 6.09 Å². The van der Waals surface area contributed by atoms with Crippen molar-refractivity contribution < 1.29 is 18.7 Å². The Hall–Kier alpha value is -4.54. The fraction of sp³-hybridized carbons (Fsp3) is 0.208. The van der Waals surface area contributed by atoms with Crippen molar-refractivity contribution in [2.75, 3.05) is 23.7 Å². The number of hydrogen-bond acceptors (Lipinski definition) is 7. The summed E-state index contributed by atoms with van der Waals surface area (Å²) >= 11 is 0. The third-order valence-electron chi connectivity index (χ3n) is 5.76. The summed E-state index contributed by atoms with van der Waals surface area (Å²) < 4.78 is 22.1. The minimum absolute atomic E-state index is 0.208. The summed E-state index contributed by atoms with van der Waals surface area (Å²) in [5.41, 5.74) is 9.52. The molecule has 0 saturated carbocycles. The second kappa shape index (κ2) is 9.01. The predicted octanol–water partition coefficient (Wildman–Crippen LogP) is 2.72. The Balaban J connectivity index is 1.30. The van der Waals surface area contributed by atoms with Crippen LogP contribution in [-0.2, 0) is 16.1 Å². The Morgan fingerprint density at radius 2 is 2.00 bits per heavy atom. The quantitative estimate of drug-likeness (QED) is 0.439. The lowest BCUT2D eigenvalue weighted by molar-refractivity contribution is -0.119. The van der Waals surface area contributed by atoms with Crippen LogP contribution in [0.4, 0.5) is 20.7 Å². The van der Waals surface area contributed by atoms with Gasteiger partial charge in [-0.1, -0.05) is 24.3 Å². The van der Waals surface area contributed by atoms with E-state index < -0.39 is 18.0 Å². The molecule has 2 aromatic carbocycles. The molecule has 2 aromatic heterocycles. The lowest BCUT2D eigenvalue weighted by Gasteiger charge is -2.15. The van der Waals surface area contributed by atoms with Crippen LogP contribution in [0, 0.1) is 5.82 Å². The minimum atomic E-state index is -0.573. The number of ether oxygens (including phenoxy) is 1. The normalized spacial score (nSPS) is 15.4. The molecule has 1 saturated heterocycles. The van der Waals surface area contributed by atoms with Gasteiger partial charge < -0.3 is 20.4 Å². The zero-order valence-electron chi connectivity index (χ0n) is 18.8. The highest BCUT2D eigenvalue weighted by molar-refractivity contribution is 5.90. The van der Waals surface area contributed by atoms with E-state index in [1.807, 2.05) is 28.8 Å². The second-order valence-electron chi connectivity index (χ2n) is 8.22. The molecule has 0 spiro atoms. The van der Waals surface area contributed by atoms with E-state index in [1.165, 1.54) is 24.2 Å². The average molecular weight is 475 g/mol. The van der Waals surface area contributed by atoms with Crippen molar-refractivity contribution in [3.63, 3.8) is 0 Å². The van der Waals surface area contributed by atoms with Crippen LogP contribution >= 0.6 is 0 Å². The van der Waals surface area contributed by atoms with Gasteiger partial charge in [-0.3, -0.25) is 9.69 Å². The topological polar surface area (TPSA) is 128 Å². The van der Waals surface area contributed by atoms with Crippen molar-refractivity contribution >= 4 is 34.7 Å². The number of imidazole rings is 1. The average Bonchev–Trinajstić information content (AvgIpc) is 3.42. The molecule has 178 valence electrons. The number of nitrogens with one attached hydrogen (secondary N) is 1. The van der Waals surface area contributed by atoms with E-state index in [4.69, 9.17) is 10.5 Å². The molecule has 0 radical (unpaired) electrons. The first-order valence-electron chi connectivity index (χ1n) is 10.9. The number of anilines is 2. The summed E-state index contributed by atoms with van der Waals surface area (Å²) in [4.78, 5) is 37.1. The van der Waals surface area contributed by atoms with Gasteiger partial charge in [-0.25, -0.2) is 24.1 Å². The Morgan fingerprint density at radius 3 is 2.74 bits per heavy atom. The minimum Gasteiger partial charge on any atom is -0.442 e. The Kier molecular flexibility index (Phi) is 5.73. The zero-order valence-corrected chi connectivity index (χ0v) is 18.8. The van der Waals surface area contributed by atoms with Crippen LogP contribution in [0.1, 0.15) is 12.5 Å². The van der Waals surface area contributed by atoms with Crippen molar-refractivity contribution in [2.45, 2.75) is 19.6 Å². The maximum absolute atomic E-state index is 15.0. The van der Waals surface area contributed by atoms with Gasteiger partial charge in [-0.05, 0) is 29.3 Å². The molecule has 3 heterocycles. The number of nitrogen functional groups attached to an aromatic ring is 1. The number of rotatable bonds is 6. The number of fused-ring (bicyclic) bond motifs is 1. The predicted molar refractivity (Wildman–Crippen MR) is 127 cm³/mol. The maximum Gasteiger partial charge on any atom is 0.414 e. The van der Waals surface area contributed by atoms with Crippen LogP contribution in [-0.4, -0.2) is 50.7 Å². The molecule has 35 heavy (non-hydrogen) atoms. The van der Waals surface area contributed by atoms with Gasteiger partial charge in [0, 0.05) is 12.5 Å². The number of carbonyl (C=O) groups is 2. The van der Waals surface area contributed by atoms with Crippen molar-refractivity contribution in [1.82, 2.24) is 24.8 Å². The number of halogens is 1. The molecule has 1 aliphatic rings. The van der Waals surface area contributed by atoms with Gasteiger partial charge in [0.15, 0.2) is 11.5 Å². The van der Waals surface area contributed by atoms with Crippen LogP contribution in [0.3, 0.4) is 0 Å². The lowest BCUT2D eigenvalue weighted by Crippen LogP contribution is -2.33. The van der Waals surface area contributed by atoms with E-state index in [0.717, 1.165) is 5.56 Å². The molecule has 4 aromatic rings. The number of amides is 2. The number of nitrogens with zero attached hydrogens (tertiary/aromatic N) is 5. The van der Waals surface area contributed by atoms with E-state index in [9.17, 15) is 9.59 Å². The third kappa shape index (κ3) is 4.47. The van der Waals surface area contributed by atoms with Gasteiger partial charge in [-0.2, -0.15) is 0 Å². The van der Waals surface area contributed by atoms with E-state index in [-0.39, 0.29) is 19.0 Å². The molecule has 0 unspecified atom stereocenters. The third-order valence-corrected chi connectivity index (χ3v) is 5.76. The Bertz CT molecular complexity index is 1420. The Morgan fingerprint density at radius 1 is 1.20 bits per heavy atom. The first kappa shape index (κ1) is 22.3. The second-order valence-corrected chi connectivity index (χ2v) is 8.22. The molecular weight excluding hydrogens is 453 g/mol. The molecule has 5 rings (SSSR count). The molecule has 1 atom stereocenters. The number of hydrogen-bond donors (Lipinski definition) is 2. The monoisotopic (exact) mass is 475 g/mol. The Labute approximate surface area is 199 Å².